The molecule has 1 aromatic carbocycles. The third kappa shape index (κ3) is 2.07. The van der Waals surface area contributed by atoms with E-state index >= 15 is 0 Å². The largest absolute Gasteiger partial charge is 0.310 e. The average Bonchev–Trinajstić information content (AvgIpc) is 2.22. The zero-order chi connectivity index (χ0) is 10.8. The van der Waals surface area contributed by atoms with Crippen LogP contribution in [0.3, 0.4) is 0 Å². The van der Waals surface area contributed by atoms with Crippen LogP contribution in [-0.4, -0.2) is 6.54 Å². The molecule has 1 aliphatic rings. The van der Waals surface area contributed by atoms with Crippen LogP contribution in [0.5, 0.6) is 0 Å². The van der Waals surface area contributed by atoms with Crippen molar-refractivity contribution in [1.82, 2.24) is 5.32 Å². The lowest BCUT2D eigenvalue weighted by atomic mass is 9.80. The molecule has 0 aromatic heterocycles. The first-order chi connectivity index (χ1) is 7.22. The maximum atomic E-state index is 3.59. The van der Waals surface area contributed by atoms with Gasteiger partial charge in [-0.1, -0.05) is 37.6 Å². The molecule has 82 valence electrons. The molecule has 1 heteroatoms. The lowest BCUT2D eigenvalue weighted by molar-refractivity contribution is 0.441. The Bertz CT molecular complexity index is 343. The quantitative estimate of drug-likeness (QED) is 0.775. The van der Waals surface area contributed by atoms with E-state index in [1.807, 2.05) is 0 Å². The smallest absolute Gasteiger partial charge is 0.0323 e. The number of hydrogen-bond acceptors (Lipinski definition) is 1. The Kier molecular flexibility index (Phi) is 3.11. The molecule has 2 rings (SSSR count). The van der Waals surface area contributed by atoms with Crippen LogP contribution in [0.15, 0.2) is 18.2 Å². The standard InChI is InChI=1S/C14H21N/c1-4-15-14-8-6-11(3)12-7-5-10(2)9-13(12)14/h5,7,9,11,14-15H,4,6,8H2,1-3H3. The SMILES string of the molecule is CCNC1CCC(C)c2ccc(C)cc21. The van der Waals surface area contributed by atoms with Crippen molar-refractivity contribution in [1.29, 1.82) is 0 Å². The Hall–Kier alpha value is -0.820. The molecule has 2 atom stereocenters. The Balaban J connectivity index is 2.37. The highest BCUT2D eigenvalue weighted by atomic mass is 14.9. The molecule has 0 aliphatic heterocycles. The number of hydrogen-bond donors (Lipinski definition) is 1. The van der Waals surface area contributed by atoms with Gasteiger partial charge in [-0.05, 0) is 43.4 Å². The van der Waals surface area contributed by atoms with Gasteiger partial charge < -0.3 is 5.32 Å². The lowest BCUT2D eigenvalue weighted by Crippen LogP contribution is -2.26. The van der Waals surface area contributed by atoms with E-state index in [9.17, 15) is 0 Å². The molecule has 1 nitrogen and oxygen atoms in total. The zero-order valence-electron chi connectivity index (χ0n) is 10.0. The van der Waals surface area contributed by atoms with Crippen LogP contribution < -0.4 is 5.32 Å². The first kappa shape index (κ1) is 10.7. The fourth-order valence-electron chi connectivity index (χ4n) is 2.63. The van der Waals surface area contributed by atoms with Gasteiger partial charge >= 0.3 is 0 Å². The Labute approximate surface area is 92.9 Å². The van der Waals surface area contributed by atoms with Gasteiger partial charge in [0.25, 0.3) is 0 Å². The van der Waals surface area contributed by atoms with Crippen LogP contribution in [-0.2, 0) is 0 Å². The summed E-state index contributed by atoms with van der Waals surface area (Å²) in [6, 6.07) is 7.50. The topological polar surface area (TPSA) is 12.0 Å². The van der Waals surface area contributed by atoms with Crippen molar-refractivity contribution >= 4 is 0 Å². The van der Waals surface area contributed by atoms with Crippen LogP contribution >= 0.6 is 0 Å². The van der Waals surface area contributed by atoms with Crippen LogP contribution in [0.1, 0.15) is 55.3 Å². The summed E-state index contributed by atoms with van der Waals surface area (Å²) in [7, 11) is 0. The van der Waals surface area contributed by atoms with Gasteiger partial charge in [-0.3, -0.25) is 0 Å². The predicted molar refractivity (Wildman–Crippen MR) is 65.2 cm³/mol. The number of fused-ring (bicyclic) bond motifs is 1. The fourth-order valence-corrected chi connectivity index (χ4v) is 2.63. The van der Waals surface area contributed by atoms with E-state index in [0.29, 0.717) is 6.04 Å². The lowest BCUT2D eigenvalue weighted by Gasteiger charge is -2.30. The molecule has 0 radical (unpaired) electrons. The number of rotatable bonds is 2. The van der Waals surface area contributed by atoms with Crippen LogP contribution in [0.4, 0.5) is 0 Å². The number of benzene rings is 1. The molecule has 0 bridgehead atoms. The van der Waals surface area contributed by atoms with Gasteiger partial charge in [-0.15, -0.1) is 0 Å². The van der Waals surface area contributed by atoms with Gasteiger partial charge in [0.2, 0.25) is 0 Å². The van der Waals surface area contributed by atoms with E-state index in [0.717, 1.165) is 12.5 Å². The molecule has 0 saturated carbocycles. The second-order valence-electron chi connectivity index (χ2n) is 4.72. The van der Waals surface area contributed by atoms with Crippen molar-refractivity contribution in [3.8, 4) is 0 Å². The zero-order valence-corrected chi connectivity index (χ0v) is 10.0. The second-order valence-corrected chi connectivity index (χ2v) is 4.72. The minimum Gasteiger partial charge on any atom is -0.310 e. The van der Waals surface area contributed by atoms with E-state index in [1.165, 1.54) is 24.0 Å². The molecule has 15 heavy (non-hydrogen) atoms. The van der Waals surface area contributed by atoms with Crippen molar-refractivity contribution in [2.24, 2.45) is 0 Å². The molecule has 0 amide bonds. The maximum Gasteiger partial charge on any atom is 0.0323 e. The van der Waals surface area contributed by atoms with Crippen molar-refractivity contribution in [3.63, 3.8) is 0 Å². The van der Waals surface area contributed by atoms with E-state index in [4.69, 9.17) is 0 Å². The molecular formula is C14H21N. The molecule has 0 fully saturated rings. The summed E-state index contributed by atoms with van der Waals surface area (Å²) < 4.78 is 0. The summed E-state index contributed by atoms with van der Waals surface area (Å²) in [5, 5.41) is 3.59. The maximum absolute atomic E-state index is 3.59. The highest BCUT2D eigenvalue weighted by molar-refractivity contribution is 5.38. The Morgan fingerprint density at radius 1 is 1.27 bits per heavy atom. The summed E-state index contributed by atoms with van der Waals surface area (Å²) >= 11 is 0. The summed E-state index contributed by atoms with van der Waals surface area (Å²) in [5.74, 6) is 0.732. The van der Waals surface area contributed by atoms with Crippen LogP contribution in [0.25, 0.3) is 0 Å². The van der Waals surface area contributed by atoms with Gasteiger partial charge in [-0.2, -0.15) is 0 Å². The fraction of sp³-hybridized carbons (Fsp3) is 0.571. The third-order valence-corrected chi connectivity index (χ3v) is 3.49. The Morgan fingerprint density at radius 2 is 2.07 bits per heavy atom. The molecule has 0 spiro atoms. The van der Waals surface area contributed by atoms with Gasteiger partial charge in [-0.25, -0.2) is 0 Å². The highest BCUT2D eigenvalue weighted by Crippen LogP contribution is 2.37. The minimum absolute atomic E-state index is 0.584. The van der Waals surface area contributed by atoms with Crippen LogP contribution in [0, 0.1) is 6.92 Å². The molecule has 1 aromatic rings. The third-order valence-electron chi connectivity index (χ3n) is 3.49. The molecule has 0 saturated heterocycles. The molecule has 0 heterocycles. The first-order valence-corrected chi connectivity index (χ1v) is 6.06. The van der Waals surface area contributed by atoms with E-state index < -0.39 is 0 Å². The van der Waals surface area contributed by atoms with Crippen molar-refractivity contribution in [2.45, 2.75) is 45.6 Å². The summed E-state index contributed by atoms with van der Waals surface area (Å²) in [4.78, 5) is 0. The van der Waals surface area contributed by atoms with Gasteiger partial charge in [0.15, 0.2) is 0 Å². The monoisotopic (exact) mass is 203 g/mol. The van der Waals surface area contributed by atoms with Gasteiger partial charge in [0.1, 0.15) is 0 Å². The normalized spacial score (nSPS) is 25.0. The number of aryl methyl sites for hydroxylation is 1. The van der Waals surface area contributed by atoms with Crippen molar-refractivity contribution in [2.75, 3.05) is 6.54 Å². The van der Waals surface area contributed by atoms with Crippen molar-refractivity contribution < 1.29 is 0 Å². The Morgan fingerprint density at radius 3 is 2.80 bits per heavy atom. The second kappa shape index (κ2) is 4.36. The molecule has 1 N–H and O–H groups in total. The first-order valence-electron chi connectivity index (χ1n) is 6.06. The van der Waals surface area contributed by atoms with Gasteiger partial charge in [0, 0.05) is 6.04 Å². The molecule has 1 aliphatic carbocycles. The molecular weight excluding hydrogens is 182 g/mol. The van der Waals surface area contributed by atoms with E-state index in [2.05, 4.69) is 44.3 Å². The summed E-state index contributed by atoms with van der Waals surface area (Å²) in [6.45, 7) is 7.78. The number of nitrogens with one attached hydrogen (secondary N) is 1. The average molecular weight is 203 g/mol. The highest BCUT2D eigenvalue weighted by Gasteiger charge is 2.23. The van der Waals surface area contributed by atoms with E-state index in [-0.39, 0.29) is 0 Å². The minimum atomic E-state index is 0.584. The van der Waals surface area contributed by atoms with Gasteiger partial charge in [0.05, 0.1) is 0 Å². The van der Waals surface area contributed by atoms with Crippen LogP contribution in [0.2, 0.25) is 0 Å². The van der Waals surface area contributed by atoms with Crippen molar-refractivity contribution in [3.05, 3.63) is 34.9 Å². The predicted octanol–water partition coefficient (Wildman–Crippen LogP) is 3.54. The van der Waals surface area contributed by atoms with E-state index in [1.54, 1.807) is 5.56 Å². The summed E-state index contributed by atoms with van der Waals surface area (Å²) in [5.41, 5.74) is 4.47. The molecule has 2 unspecified atom stereocenters. The summed E-state index contributed by atoms with van der Waals surface area (Å²) in [6.07, 6.45) is 2.60.